The Morgan fingerprint density at radius 3 is 2.24 bits per heavy atom. The first-order valence-corrected chi connectivity index (χ1v) is 7.80. The van der Waals surface area contributed by atoms with Crippen molar-refractivity contribution in [2.45, 2.75) is 12.8 Å². The Labute approximate surface area is 145 Å². The number of methoxy groups -OCH3 is 1. The van der Waals surface area contributed by atoms with Crippen molar-refractivity contribution in [3.63, 3.8) is 0 Å². The molecule has 0 saturated carbocycles. The molecule has 2 rings (SSSR count). The van der Waals surface area contributed by atoms with E-state index in [4.69, 9.17) is 19.7 Å². The van der Waals surface area contributed by atoms with Crippen LogP contribution < -0.4 is 9.47 Å². The van der Waals surface area contributed by atoms with Crippen LogP contribution in [0.1, 0.15) is 11.1 Å². The molecule has 2 N–H and O–H groups in total. The molecule has 0 saturated heterocycles. The highest BCUT2D eigenvalue weighted by Crippen LogP contribution is 2.29. The number of carboxylic acid groups (broad SMARTS) is 2. The van der Waals surface area contributed by atoms with Crippen LogP contribution in [0.3, 0.4) is 0 Å². The van der Waals surface area contributed by atoms with Gasteiger partial charge in [-0.15, -0.1) is 0 Å². The van der Waals surface area contributed by atoms with Gasteiger partial charge in [0.15, 0.2) is 17.4 Å². The van der Waals surface area contributed by atoms with Crippen molar-refractivity contribution < 1.29 is 29.3 Å². The molecule has 0 aromatic heterocycles. The van der Waals surface area contributed by atoms with Crippen LogP contribution in [0.25, 0.3) is 0 Å². The van der Waals surface area contributed by atoms with E-state index in [-0.39, 0.29) is 6.42 Å². The van der Waals surface area contributed by atoms with Gasteiger partial charge in [-0.1, -0.05) is 36.4 Å². The molecule has 0 aliphatic heterocycles. The molecule has 0 fully saturated rings. The second kappa shape index (κ2) is 8.73. The first-order valence-electron chi connectivity index (χ1n) is 7.80. The number of benzene rings is 2. The Bertz CT molecular complexity index is 712. The van der Waals surface area contributed by atoms with Crippen LogP contribution in [0.5, 0.6) is 11.5 Å². The second-order valence-corrected chi connectivity index (χ2v) is 5.50. The van der Waals surface area contributed by atoms with Crippen molar-refractivity contribution in [3.05, 3.63) is 59.7 Å². The minimum Gasteiger partial charge on any atom is -0.493 e. The second-order valence-electron chi connectivity index (χ2n) is 5.50. The van der Waals surface area contributed by atoms with Crippen molar-refractivity contribution in [2.24, 2.45) is 5.92 Å². The van der Waals surface area contributed by atoms with E-state index in [0.29, 0.717) is 30.1 Å². The maximum atomic E-state index is 11.0. The molecular formula is C19H20O6. The summed E-state index contributed by atoms with van der Waals surface area (Å²) in [5, 5.41) is 18.0. The lowest BCUT2D eigenvalue weighted by Gasteiger charge is -2.13. The number of carbonyl (C=O) groups is 2. The monoisotopic (exact) mass is 344 g/mol. The minimum absolute atomic E-state index is 0.121. The molecule has 25 heavy (non-hydrogen) atoms. The quantitative estimate of drug-likeness (QED) is 0.679. The zero-order valence-corrected chi connectivity index (χ0v) is 13.8. The van der Waals surface area contributed by atoms with Crippen LogP contribution in [0, 0.1) is 5.92 Å². The Morgan fingerprint density at radius 2 is 1.64 bits per heavy atom. The SMILES string of the molecule is COc1ccc(CC(C(=O)O)C(=O)O)cc1OCCc1ccccc1. The summed E-state index contributed by atoms with van der Waals surface area (Å²) in [6, 6.07) is 14.8. The van der Waals surface area contributed by atoms with Gasteiger partial charge in [0, 0.05) is 6.42 Å². The topological polar surface area (TPSA) is 93.1 Å². The average molecular weight is 344 g/mol. The molecule has 0 aliphatic rings. The maximum Gasteiger partial charge on any atom is 0.318 e. The van der Waals surface area contributed by atoms with Gasteiger partial charge in [-0.25, -0.2) is 0 Å². The number of hydrogen-bond donors (Lipinski definition) is 2. The van der Waals surface area contributed by atoms with E-state index in [1.165, 1.54) is 7.11 Å². The molecule has 6 heteroatoms. The first kappa shape index (κ1) is 18.3. The van der Waals surface area contributed by atoms with Gasteiger partial charge in [0.25, 0.3) is 0 Å². The molecule has 6 nitrogen and oxygen atoms in total. The molecule has 0 heterocycles. The fourth-order valence-corrected chi connectivity index (χ4v) is 2.40. The van der Waals surface area contributed by atoms with Crippen LogP contribution in [-0.4, -0.2) is 35.9 Å². The van der Waals surface area contributed by atoms with E-state index >= 15 is 0 Å². The summed E-state index contributed by atoms with van der Waals surface area (Å²) < 4.78 is 11.0. The highest BCUT2D eigenvalue weighted by molar-refractivity contribution is 5.93. The molecule has 0 unspecified atom stereocenters. The molecule has 2 aromatic rings. The van der Waals surface area contributed by atoms with Crippen LogP contribution >= 0.6 is 0 Å². The lowest BCUT2D eigenvalue weighted by Crippen LogP contribution is -2.25. The highest BCUT2D eigenvalue weighted by atomic mass is 16.5. The van der Waals surface area contributed by atoms with Gasteiger partial charge < -0.3 is 19.7 Å². The standard InChI is InChI=1S/C19H20O6/c1-24-16-8-7-14(11-15(18(20)21)19(22)23)12-17(16)25-10-9-13-5-3-2-4-6-13/h2-8,12,15H,9-11H2,1H3,(H,20,21)(H,22,23). The lowest BCUT2D eigenvalue weighted by atomic mass is 9.99. The summed E-state index contributed by atoms with van der Waals surface area (Å²) in [6.07, 6.45) is 0.588. The van der Waals surface area contributed by atoms with Crippen LogP contribution in [-0.2, 0) is 22.4 Å². The summed E-state index contributed by atoms with van der Waals surface area (Å²) in [7, 11) is 1.51. The van der Waals surface area contributed by atoms with Gasteiger partial charge in [-0.3, -0.25) is 9.59 Å². The van der Waals surface area contributed by atoms with Crippen LogP contribution in [0.2, 0.25) is 0 Å². The van der Waals surface area contributed by atoms with Gasteiger partial charge in [0.1, 0.15) is 0 Å². The Kier molecular flexibility index (Phi) is 6.39. The van der Waals surface area contributed by atoms with Crippen molar-refractivity contribution in [3.8, 4) is 11.5 Å². The Balaban J connectivity index is 2.08. The van der Waals surface area contributed by atoms with E-state index in [0.717, 1.165) is 5.56 Å². The summed E-state index contributed by atoms with van der Waals surface area (Å²) in [4.78, 5) is 22.1. The molecule has 0 atom stereocenters. The normalized spacial score (nSPS) is 10.5. The van der Waals surface area contributed by atoms with Crippen molar-refractivity contribution >= 4 is 11.9 Å². The molecule has 0 spiro atoms. The number of aliphatic carboxylic acids is 2. The summed E-state index contributed by atoms with van der Waals surface area (Å²) >= 11 is 0. The zero-order chi connectivity index (χ0) is 18.2. The third kappa shape index (κ3) is 5.24. The third-order valence-corrected chi connectivity index (χ3v) is 3.76. The van der Waals surface area contributed by atoms with Crippen molar-refractivity contribution in [1.82, 2.24) is 0 Å². The number of ether oxygens (including phenoxy) is 2. The van der Waals surface area contributed by atoms with Gasteiger partial charge in [-0.05, 0) is 29.7 Å². The largest absolute Gasteiger partial charge is 0.493 e. The lowest BCUT2D eigenvalue weighted by molar-refractivity contribution is -0.154. The van der Waals surface area contributed by atoms with E-state index in [1.807, 2.05) is 30.3 Å². The molecule has 0 bridgehead atoms. The first-order chi connectivity index (χ1) is 12.0. The van der Waals surface area contributed by atoms with Crippen LogP contribution in [0.4, 0.5) is 0 Å². The van der Waals surface area contributed by atoms with Gasteiger partial charge in [-0.2, -0.15) is 0 Å². The third-order valence-electron chi connectivity index (χ3n) is 3.76. The van der Waals surface area contributed by atoms with Gasteiger partial charge in [0.2, 0.25) is 0 Å². The van der Waals surface area contributed by atoms with Crippen LogP contribution in [0.15, 0.2) is 48.5 Å². The molecule has 2 aromatic carbocycles. The molecule has 0 aliphatic carbocycles. The highest BCUT2D eigenvalue weighted by Gasteiger charge is 2.26. The van der Waals surface area contributed by atoms with Gasteiger partial charge in [0.05, 0.1) is 13.7 Å². The zero-order valence-electron chi connectivity index (χ0n) is 13.8. The van der Waals surface area contributed by atoms with E-state index < -0.39 is 17.9 Å². The maximum absolute atomic E-state index is 11.0. The van der Waals surface area contributed by atoms with Crippen molar-refractivity contribution in [2.75, 3.05) is 13.7 Å². The summed E-state index contributed by atoms with van der Waals surface area (Å²) in [5.74, 6) is -3.25. The molecule has 132 valence electrons. The molecule has 0 radical (unpaired) electrons. The predicted octanol–water partition coefficient (Wildman–Crippen LogP) is 2.64. The van der Waals surface area contributed by atoms with Crippen molar-refractivity contribution in [1.29, 1.82) is 0 Å². The Morgan fingerprint density at radius 1 is 0.960 bits per heavy atom. The number of carboxylic acids is 2. The smallest absolute Gasteiger partial charge is 0.318 e. The molecular weight excluding hydrogens is 324 g/mol. The van der Waals surface area contributed by atoms with E-state index in [2.05, 4.69) is 0 Å². The molecule has 0 amide bonds. The Hall–Kier alpha value is -3.02. The number of rotatable bonds is 9. The van der Waals surface area contributed by atoms with E-state index in [9.17, 15) is 9.59 Å². The average Bonchev–Trinajstić information content (AvgIpc) is 2.60. The predicted molar refractivity (Wildman–Crippen MR) is 91.1 cm³/mol. The fourth-order valence-electron chi connectivity index (χ4n) is 2.40. The minimum atomic E-state index is -1.49. The summed E-state index contributed by atoms with van der Waals surface area (Å²) in [5.41, 5.74) is 1.69. The number of hydrogen-bond acceptors (Lipinski definition) is 4. The summed E-state index contributed by atoms with van der Waals surface area (Å²) in [6.45, 7) is 0.422. The van der Waals surface area contributed by atoms with E-state index in [1.54, 1.807) is 18.2 Å². The van der Waals surface area contributed by atoms with Gasteiger partial charge >= 0.3 is 11.9 Å². The fraction of sp³-hybridized carbons (Fsp3) is 0.263.